The molecule has 1 aliphatic heterocycles. The molecule has 0 aromatic heterocycles. The minimum Gasteiger partial charge on any atom is -0.493 e. The van der Waals surface area contributed by atoms with E-state index < -0.39 is 6.10 Å². The number of ether oxygens (including phenoxy) is 3. The third kappa shape index (κ3) is 2.78. The van der Waals surface area contributed by atoms with E-state index in [9.17, 15) is 9.50 Å². The van der Waals surface area contributed by atoms with Crippen molar-refractivity contribution in [3.05, 3.63) is 53.3 Å². The molecule has 21 heavy (non-hydrogen) atoms. The van der Waals surface area contributed by atoms with Gasteiger partial charge in [-0.15, -0.1) is 0 Å². The summed E-state index contributed by atoms with van der Waals surface area (Å²) in [7, 11) is 1.54. The number of methoxy groups -OCH3 is 1. The highest BCUT2D eigenvalue weighted by molar-refractivity contribution is 5.55. The second-order valence-electron chi connectivity index (χ2n) is 4.80. The van der Waals surface area contributed by atoms with Crippen LogP contribution in [0.3, 0.4) is 0 Å². The molecule has 3 rings (SSSR count). The van der Waals surface area contributed by atoms with Gasteiger partial charge in [-0.1, -0.05) is 12.1 Å². The Bertz CT molecular complexity index is 639. The summed E-state index contributed by atoms with van der Waals surface area (Å²) in [5.74, 6) is 1.34. The molecule has 1 atom stereocenters. The van der Waals surface area contributed by atoms with Crippen LogP contribution >= 0.6 is 0 Å². The number of benzene rings is 2. The van der Waals surface area contributed by atoms with E-state index in [2.05, 4.69) is 0 Å². The first-order valence-corrected chi connectivity index (χ1v) is 6.57. The molecule has 2 aromatic carbocycles. The van der Waals surface area contributed by atoms with Gasteiger partial charge >= 0.3 is 0 Å². The Morgan fingerprint density at radius 3 is 2.71 bits per heavy atom. The zero-order valence-corrected chi connectivity index (χ0v) is 11.5. The number of aliphatic hydroxyl groups excluding tert-OH is 1. The van der Waals surface area contributed by atoms with E-state index in [0.717, 1.165) is 5.56 Å². The third-order valence-corrected chi connectivity index (χ3v) is 3.41. The van der Waals surface area contributed by atoms with Gasteiger partial charge in [0.15, 0.2) is 11.5 Å². The van der Waals surface area contributed by atoms with Crippen LogP contribution in [-0.2, 0) is 6.42 Å². The van der Waals surface area contributed by atoms with Crippen molar-refractivity contribution >= 4 is 0 Å². The van der Waals surface area contributed by atoms with E-state index in [0.29, 0.717) is 29.2 Å². The van der Waals surface area contributed by atoms with Gasteiger partial charge in [0, 0.05) is 6.42 Å². The maximum Gasteiger partial charge on any atom is 0.231 e. The minimum absolute atomic E-state index is 0.142. The van der Waals surface area contributed by atoms with Crippen LogP contribution in [0.15, 0.2) is 36.4 Å². The van der Waals surface area contributed by atoms with Crippen molar-refractivity contribution in [3.63, 3.8) is 0 Å². The maximum absolute atomic E-state index is 12.9. The monoisotopic (exact) mass is 290 g/mol. The van der Waals surface area contributed by atoms with Gasteiger partial charge < -0.3 is 19.3 Å². The molecular weight excluding hydrogens is 275 g/mol. The quantitative estimate of drug-likeness (QED) is 0.940. The number of hydrogen-bond acceptors (Lipinski definition) is 4. The molecule has 110 valence electrons. The summed E-state index contributed by atoms with van der Waals surface area (Å²) in [6.45, 7) is 0.142. The van der Waals surface area contributed by atoms with E-state index in [1.165, 1.54) is 19.2 Å². The van der Waals surface area contributed by atoms with Crippen LogP contribution in [-0.4, -0.2) is 19.0 Å². The molecule has 0 radical (unpaired) electrons. The van der Waals surface area contributed by atoms with Crippen LogP contribution in [0.1, 0.15) is 17.2 Å². The molecule has 1 N–H and O–H groups in total. The highest BCUT2D eigenvalue weighted by Gasteiger charge is 2.22. The molecule has 5 heteroatoms. The molecule has 0 saturated heterocycles. The fourth-order valence-electron chi connectivity index (χ4n) is 2.30. The lowest BCUT2D eigenvalue weighted by Crippen LogP contribution is -2.02. The maximum atomic E-state index is 12.9. The zero-order chi connectivity index (χ0) is 14.8. The molecule has 0 bridgehead atoms. The van der Waals surface area contributed by atoms with Crippen LogP contribution < -0.4 is 14.2 Å². The van der Waals surface area contributed by atoms with E-state index in [1.54, 1.807) is 24.3 Å². The van der Waals surface area contributed by atoms with Crippen molar-refractivity contribution in [2.75, 3.05) is 13.9 Å². The first kappa shape index (κ1) is 13.7. The third-order valence-electron chi connectivity index (χ3n) is 3.41. The highest BCUT2D eigenvalue weighted by Crippen LogP contribution is 2.43. The smallest absolute Gasteiger partial charge is 0.231 e. The second kappa shape index (κ2) is 5.61. The highest BCUT2D eigenvalue weighted by atomic mass is 19.1. The minimum atomic E-state index is -0.737. The molecule has 0 spiro atoms. The van der Waals surface area contributed by atoms with Gasteiger partial charge in [-0.25, -0.2) is 4.39 Å². The van der Waals surface area contributed by atoms with Gasteiger partial charge in [0.05, 0.1) is 13.2 Å². The predicted molar refractivity (Wildman–Crippen MR) is 74.2 cm³/mol. The Labute approximate surface area is 121 Å². The molecule has 1 heterocycles. The SMILES string of the molecule is COc1cc(C(O)Cc2ccc(F)cc2)cc2c1OCO2. The summed E-state index contributed by atoms with van der Waals surface area (Å²) in [6.07, 6.45) is -0.359. The first-order chi connectivity index (χ1) is 10.2. The zero-order valence-electron chi connectivity index (χ0n) is 11.5. The molecule has 2 aromatic rings. The van der Waals surface area contributed by atoms with E-state index in [-0.39, 0.29) is 12.6 Å². The molecule has 1 aliphatic rings. The van der Waals surface area contributed by atoms with Crippen molar-refractivity contribution < 1.29 is 23.7 Å². The van der Waals surface area contributed by atoms with E-state index >= 15 is 0 Å². The Balaban J connectivity index is 1.84. The number of hydrogen-bond donors (Lipinski definition) is 1. The molecular formula is C16H15FO4. The molecule has 0 aliphatic carbocycles. The van der Waals surface area contributed by atoms with Crippen molar-refractivity contribution in [2.45, 2.75) is 12.5 Å². The lowest BCUT2D eigenvalue weighted by atomic mass is 10.0. The van der Waals surface area contributed by atoms with Crippen LogP contribution in [0.2, 0.25) is 0 Å². The van der Waals surface area contributed by atoms with E-state index in [1.807, 2.05) is 0 Å². The topological polar surface area (TPSA) is 47.9 Å². The average Bonchev–Trinajstić information content (AvgIpc) is 2.97. The van der Waals surface area contributed by atoms with Crippen LogP contribution in [0, 0.1) is 5.82 Å². The van der Waals surface area contributed by atoms with Crippen molar-refractivity contribution in [3.8, 4) is 17.2 Å². The second-order valence-corrected chi connectivity index (χ2v) is 4.80. The number of rotatable bonds is 4. The van der Waals surface area contributed by atoms with Gasteiger partial charge in [0.2, 0.25) is 12.5 Å². The standard InChI is InChI=1S/C16H15FO4/c1-19-14-7-11(8-15-16(14)21-9-20-15)13(18)6-10-2-4-12(17)5-3-10/h2-5,7-8,13,18H,6,9H2,1H3. The van der Waals surface area contributed by atoms with Crippen LogP contribution in [0.5, 0.6) is 17.2 Å². The lowest BCUT2D eigenvalue weighted by Gasteiger charge is -2.14. The first-order valence-electron chi connectivity index (χ1n) is 6.57. The summed E-state index contributed by atoms with van der Waals surface area (Å²) in [5, 5.41) is 10.3. The number of halogens is 1. The van der Waals surface area contributed by atoms with E-state index in [4.69, 9.17) is 14.2 Å². The number of fused-ring (bicyclic) bond motifs is 1. The molecule has 4 nitrogen and oxygen atoms in total. The van der Waals surface area contributed by atoms with Crippen LogP contribution in [0.25, 0.3) is 0 Å². The summed E-state index contributed by atoms with van der Waals surface area (Å²) in [5.41, 5.74) is 1.51. The van der Waals surface area contributed by atoms with Crippen molar-refractivity contribution in [2.24, 2.45) is 0 Å². The normalized spacial score (nSPS) is 14.0. The van der Waals surface area contributed by atoms with Gasteiger partial charge in [0.25, 0.3) is 0 Å². The summed E-state index contributed by atoms with van der Waals surface area (Å²) in [6, 6.07) is 9.52. The summed E-state index contributed by atoms with van der Waals surface area (Å²) < 4.78 is 28.8. The fourth-order valence-corrected chi connectivity index (χ4v) is 2.30. The average molecular weight is 290 g/mol. The lowest BCUT2D eigenvalue weighted by molar-refractivity contribution is 0.170. The Morgan fingerprint density at radius 2 is 2.00 bits per heavy atom. The van der Waals surface area contributed by atoms with Crippen molar-refractivity contribution in [1.29, 1.82) is 0 Å². The fraction of sp³-hybridized carbons (Fsp3) is 0.250. The Hall–Kier alpha value is -2.27. The number of aliphatic hydroxyl groups is 1. The van der Waals surface area contributed by atoms with Gasteiger partial charge in [-0.05, 0) is 35.4 Å². The summed E-state index contributed by atoms with van der Waals surface area (Å²) >= 11 is 0. The van der Waals surface area contributed by atoms with Gasteiger partial charge in [-0.2, -0.15) is 0 Å². The molecule has 1 unspecified atom stereocenters. The molecule has 0 saturated carbocycles. The predicted octanol–water partition coefficient (Wildman–Crippen LogP) is 2.84. The van der Waals surface area contributed by atoms with Crippen LogP contribution in [0.4, 0.5) is 4.39 Å². The largest absolute Gasteiger partial charge is 0.493 e. The Kier molecular flexibility index (Phi) is 3.66. The van der Waals surface area contributed by atoms with Gasteiger partial charge in [0.1, 0.15) is 5.82 Å². The Morgan fingerprint density at radius 1 is 1.24 bits per heavy atom. The molecule has 0 amide bonds. The summed E-state index contributed by atoms with van der Waals surface area (Å²) in [4.78, 5) is 0. The molecule has 0 fully saturated rings. The van der Waals surface area contributed by atoms with Gasteiger partial charge in [-0.3, -0.25) is 0 Å². The van der Waals surface area contributed by atoms with Crippen molar-refractivity contribution in [1.82, 2.24) is 0 Å².